The molecule has 2 aliphatic carbocycles. The minimum atomic E-state index is -0.650. The van der Waals surface area contributed by atoms with E-state index in [1.165, 1.54) is 24.0 Å². The van der Waals surface area contributed by atoms with E-state index >= 15 is 0 Å². The highest BCUT2D eigenvalue weighted by Crippen LogP contribution is 2.40. The van der Waals surface area contributed by atoms with Crippen LogP contribution >= 0.6 is 0 Å². The zero-order valence-corrected chi connectivity index (χ0v) is 12.0. The van der Waals surface area contributed by atoms with Gasteiger partial charge in [0, 0.05) is 8.80 Å². The first-order valence-corrected chi connectivity index (χ1v) is 9.30. The average Bonchev–Trinajstić information content (AvgIpc) is 2.76. The number of rotatable bonds is 3. The third-order valence-corrected chi connectivity index (χ3v) is 5.80. The monoisotopic (exact) mass is 230 g/mol. The minimum Gasteiger partial charge on any atom is -0.0775 e. The molecule has 0 saturated heterocycles. The molecule has 0 amide bonds. The first-order chi connectivity index (χ1) is 7.58. The van der Waals surface area contributed by atoms with Gasteiger partial charge < -0.3 is 0 Å². The van der Waals surface area contributed by atoms with Crippen molar-refractivity contribution in [3.8, 4) is 0 Å². The molecule has 0 aromatic heterocycles. The molecule has 0 aromatic rings. The fourth-order valence-electron chi connectivity index (χ4n) is 2.91. The molecule has 0 heterocycles. The molecule has 0 radical (unpaired) electrons. The van der Waals surface area contributed by atoms with E-state index in [1.807, 2.05) is 0 Å². The van der Waals surface area contributed by atoms with Crippen molar-refractivity contribution in [2.45, 2.75) is 45.3 Å². The largest absolute Gasteiger partial charge is 0.0775 e. The predicted octanol–water partition coefficient (Wildman–Crippen LogP) is 4.40. The highest BCUT2D eigenvalue weighted by Gasteiger charge is 2.25. The molecule has 0 fully saturated rings. The molecule has 0 aromatic carbocycles. The molecule has 2 aliphatic rings. The fraction of sp³-hybridized carbons (Fsp3) is 0.467. The minimum absolute atomic E-state index is 0.650. The highest BCUT2D eigenvalue weighted by molar-refractivity contribution is 6.59. The summed E-state index contributed by atoms with van der Waals surface area (Å²) in [5, 5.41) is 0. The molecule has 0 aliphatic heterocycles. The van der Waals surface area contributed by atoms with Crippen molar-refractivity contribution in [2.75, 3.05) is 0 Å². The van der Waals surface area contributed by atoms with Crippen molar-refractivity contribution in [3.05, 3.63) is 46.6 Å². The van der Waals surface area contributed by atoms with E-state index in [4.69, 9.17) is 0 Å². The van der Waals surface area contributed by atoms with Crippen LogP contribution in [0.5, 0.6) is 0 Å². The summed E-state index contributed by atoms with van der Waals surface area (Å²) in [5.74, 6) is 0. The van der Waals surface area contributed by atoms with E-state index in [1.54, 1.807) is 11.1 Å². The Morgan fingerprint density at radius 2 is 1.38 bits per heavy atom. The molecule has 86 valence electrons. The molecular weight excluding hydrogens is 208 g/mol. The second kappa shape index (κ2) is 4.58. The third-order valence-electron chi connectivity index (χ3n) is 3.61. The van der Waals surface area contributed by atoms with Crippen LogP contribution in [0.15, 0.2) is 46.6 Å². The Labute approximate surface area is 101 Å². The van der Waals surface area contributed by atoms with Crippen LogP contribution in [0.3, 0.4) is 0 Å². The van der Waals surface area contributed by atoms with Crippen LogP contribution < -0.4 is 0 Å². The molecule has 0 spiro atoms. The second-order valence-electron chi connectivity index (χ2n) is 5.46. The van der Waals surface area contributed by atoms with Gasteiger partial charge in [-0.05, 0) is 32.2 Å². The van der Waals surface area contributed by atoms with Gasteiger partial charge in [0.2, 0.25) is 0 Å². The van der Waals surface area contributed by atoms with Crippen LogP contribution in [0.2, 0.25) is 18.6 Å². The topological polar surface area (TPSA) is 0 Å². The van der Waals surface area contributed by atoms with Crippen molar-refractivity contribution in [1.82, 2.24) is 0 Å². The van der Waals surface area contributed by atoms with Gasteiger partial charge in [-0.1, -0.05) is 59.7 Å². The third kappa shape index (κ3) is 2.30. The van der Waals surface area contributed by atoms with Crippen LogP contribution in [-0.4, -0.2) is 8.80 Å². The summed E-state index contributed by atoms with van der Waals surface area (Å²) in [5.41, 5.74) is 7.06. The van der Waals surface area contributed by atoms with Gasteiger partial charge in [-0.2, -0.15) is 0 Å². The summed E-state index contributed by atoms with van der Waals surface area (Å²) in [6, 6.07) is 0. The molecule has 0 saturated carbocycles. The van der Waals surface area contributed by atoms with Crippen LogP contribution in [-0.2, 0) is 0 Å². The van der Waals surface area contributed by atoms with Crippen LogP contribution in [0, 0.1) is 0 Å². The van der Waals surface area contributed by atoms with Gasteiger partial charge in [0.15, 0.2) is 0 Å². The summed E-state index contributed by atoms with van der Waals surface area (Å²) in [4.78, 5) is 0. The van der Waals surface area contributed by atoms with Crippen molar-refractivity contribution in [2.24, 2.45) is 0 Å². The molecule has 0 nitrogen and oxygen atoms in total. The van der Waals surface area contributed by atoms with Gasteiger partial charge >= 0.3 is 0 Å². The van der Waals surface area contributed by atoms with E-state index < -0.39 is 8.80 Å². The van der Waals surface area contributed by atoms with Gasteiger partial charge in [0.1, 0.15) is 0 Å². The maximum Gasteiger partial charge on any atom is 0.0435 e. The molecule has 0 N–H and O–H groups in total. The lowest BCUT2D eigenvalue weighted by Crippen LogP contribution is -2.15. The molecule has 0 atom stereocenters. The summed E-state index contributed by atoms with van der Waals surface area (Å²) >= 11 is 0. The standard InChI is InChI=1S/C15H22Si/c1-11-5-7-13(9-11)15(16(3)4)14-8-6-12(2)10-14/h5-6,9-10,15-16H,7-8H2,1-4H3. The van der Waals surface area contributed by atoms with Crippen molar-refractivity contribution >= 4 is 8.80 Å². The summed E-state index contributed by atoms with van der Waals surface area (Å²) in [6.45, 7) is 9.40. The van der Waals surface area contributed by atoms with E-state index in [0.717, 1.165) is 5.54 Å². The van der Waals surface area contributed by atoms with Crippen LogP contribution in [0.1, 0.15) is 26.7 Å². The first-order valence-electron chi connectivity index (χ1n) is 6.32. The Bertz CT molecular complexity index is 369. The normalized spacial score (nSPS) is 20.1. The zero-order valence-electron chi connectivity index (χ0n) is 10.9. The quantitative estimate of drug-likeness (QED) is 0.631. The molecule has 0 bridgehead atoms. The first kappa shape index (κ1) is 11.7. The summed E-state index contributed by atoms with van der Waals surface area (Å²) in [6.07, 6.45) is 12.0. The molecule has 16 heavy (non-hydrogen) atoms. The second-order valence-corrected chi connectivity index (χ2v) is 8.62. The van der Waals surface area contributed by atoms with Gasteiger partial charge in [-0.15, -0.1) is 0 Å². The van der Waals surface area contributed by atoms with E-state index in [-0.39, 0.29) is 0 Å². The summed E-state index contributed by atoms with van der Waals surface area (Å²) in [7, 11) is -0.650. The van der Waals surface area contributed by atoms with E-state index in [2.05, 4.69) is 51.2 Å². The van der Waals surface area contributed by atoms with E-state index in [0.29, 0.717) is 0 Å². The smallest absolute Gasteiger partial charge is 0.0435 e. The number of hydrogen-bond acceptors (Lipinski definition) is 0. The molecule has 2 rings (SSSR count). The Morgan fingerprint density at radius 3 is 1.62 bits per heavy atom. The van der Waals surface area contributed by atoms with Gasteiger partial charge in [0.05, 0.1) is 0 Å². The Hall–Kier alpha value is -0.823. The van der Waals surface area contributed by atoms with Crippen molar-refractivity contribution in [1.29, 1.82) is 0 Å². The Morgan fingerprint density at radius 1 is 0.938 bits per heavy atom. The maximum atomic E-state index is 2.48. The van der Waals surface area contributed by atoms with Gasteiger partial charge in [-0.25, -0.2) is 0 Å². The Balaban J connectivity index is 2.20. The van der Waals surface area contributed by atoms with Gasteiger partial charge in [-0.3, -0.25) is 0 Å². The van der Waals surface area contributed by atoms with Crippen molar-refractivity contribution < 1.29 is 0 Å². The lowest BCUT2D eigenvalue weighted by Gasteiger charge is -2.23. The van der Waals surface area contributed by atoms with E-state index in [9.17, 15) is 0 Å². The average molecular weight is 230 g/mol. The van der Waals surface area contributed by atoms with Crippen LogP contribution in [0.25, 0.3) is 0 Å². The Kier molecular flexibility index (Phi) is 3.34. The van der Waals surface area contributed by atoms with Crippen molar-refractivity contribution in [3.63, 3.8) is 0 Å². The molecule has 1 heteroatoms. The highest BCUT2D eigenvalue weighted by atomic mass is 28.3. The SMILES string of the molecule is CC1=CCC(C(C2=CC(C)=CC2)[SiH](C)C)=C1. The predicted molar refractivity (Wildman–Crippen MR) is 75.5 cm³/mol. The zero-order chi connectivity index (χ0) is 11.7. The molecular formula is C15H22Si. The van der Waals surface area contributed by atoms with Gasteiger partial charge in [0.25, 0.3) is 0 Å². The number of allylic oxidation sites excluding steroid dienone is 8. The fourth-order valence-corrected chi connectivity index (χ4v) is 5.08. The lowest BCUT2D eigenvalue weighted by atomic mass is 10.0. The lowest BCUT2D eigenvalue weighted by molar-refractivity contribution is 0.999. The van der Waals surface area contributed by atoms with Crippen LogP contribution in [0.4, 0.5) is 0 Å². The number of hydrogen-bond donors (Lipinski definition) is 0. The summed E-state index contributed by atoms with van der Waals surface area (Å²) < 4.78 is 0. The molecule has 0 unspecified atom stereocenters. The maximum absolute atomic E-state index is 2.48.